The van der Waals surface area contributed by atoms with Gasteiger partial charge in [-0.3, -0.25) is 4.79 Å². The van der Waals surface area contributed by atoms with Gasteiger partial charge in [0.1, 0.15) is 5.15 Å². The van der Waals surface area contributed by atoms with Crippen LogP contribution in [0.1, 0.15) is 37.0 Å². The first-order valence-electron chi connectivity index (χ1n) is 5.49. The van der Waals surface area contributed by atoms with Crippen LogP contribution >= 0.6 is 11.6 Å². The highest BCUT2D eigenvalue weighted by Gasteiger charge is 2.04. The first-order valence-corrected chi connectivity index (χ1v) is 5.87. The molecule has 0 bridgehead atoms. The van der Waals surface area contributed by atoms with E-state index in [1.54, 1.807) is 12.1 Å². The van der Waals surface area contributed by atoms with Crippen molar-refractivity contribution in [2.24, 2.45) is 5.92 Å². The minimum Gasteiger partial charge on any atom is -0.352 e. The van der Waals surface area contributed by atoms with Gasteiger partial charge < -0.3 is 5.32 Å². The number of nitrogens with one attached hydrogen (secondary N) is 1. The summed E-state index contributed by atoms with van der Waals surface area (Å²) in [7, 11) is 0. The fraction of sp³-hybridized carbons (Fsp3) is 0.500. The Kier molecular flexibility index (Phi) is 5.26. The highest BCUT2D eigenvalue weighted by molar-refractivity contribution is 6.29. The molecule has 4 heteroatoms. The monoisotopic (exact) mass is 240 g/mol. The van der Waals surface area contributed by atoms with E-state index < -0.39 is 0 Å². The molecular weight excluding hydrogens is 224 g/mol. The molecule has 1 heterocycles. The van der Waals surface area contributed by atoms with Crippen LogP contribution in [0.5, 0.6) is 0 Å². The SMILES string of the molecule is CC(C)CCCNC(=O)c1ccc(Cl)nc1. The lowest BCUT2D eigenvalue weighted by atomic mass is 10.1. The van der Waals surface area contributed by atoms with Crippen LogP contribution in [0.15, 0.2) is 18.3 Å². The molecule has 1 N–H and O–H groups in total. The fourth-order valence-electron chi connectivity index (χ4n) is 1.32. The number of carbonyl (C=O) groups is 1. The van der Waals surface area contributed by atoms with Crippen LogP contribution in [0, 0.1) is 5.92 Å². The summed E-state index contributed by atoms with van der Waals surface area (Å²) in [5.74, 6) is 0.585. The largest absolute Gasteiger partial charge is 0.352 e. The maximum Gasteiger partial charge on any atom is 0.252 e. The standard InChI is InChI=1S/C12H17ClN2O/c1-9(2)4-3-7-14-12(16)10-5-6-11(13)15-8-10/h5-6,8-9H,3-4,7H2,1-2H3,(H,14,16). The molecular formula is C12H17ClN2O. The number of pyridine rings is 1. The highest BCUT2D eigenvalue weighted by Crippen LogP contribution is 2.05. The van der Waals surface area contributed by atoms with Crippen LogP contribution in [-0.2, 0) is 0 Å². The number of hydrogen-bond acceptors (Lipinski definition) is 2. The third kappa shape index (κ3) is 4.62. The van der Waals surface area contributed by atoms with Crippen LogP contribution in [0.2, 0.25) is 5.15 Å². The van der Waals surface area contributed by atoms with Crippen LogP contribution in [0.4, 0.5) is 0 Å². The van der Waals surface area contributed by atoms with E-state index in [9.17, 15) is 4.79 Å². The number of rotatable bonds is 5. The van der Waals surface area contributed by atoms with E-state index in [1.807, 2.05) is 0 Å². The van der Waals surface area contributed by atoms with Gasteiger partial charge in [0.2, 0.25) is 0 Å². The molecule has 1 rings (SSSR count). The predicted octanol–water partition coefficient (Wildman–Crippen LogP) is 2.90. The van der Waals surface area contributed by atoms with Crippen LogP contribution in [-0.4, -0.2) is 17.4 Å². The Morgan fingerprint density at radius 2 is 2.25 bits per heavy atom. The van der Waals surface area contributed by atoms with Crippen molar-refractivity contribution in [3.05, 3.63) is 29.0 Å². The van der Waals surface area contributed by atoms with E-state index in [-0.39, 0.29) is 5.91 Å². The first-order chi connectivity index (χ1) is 7.59. The van der Waals surface area contributed by atoms with E-state index >= 15 is 0 Å². The van der Waals surface area contributed by atoms with Crippen molar-refractivity contribution >= 4 is 17.5 Å². The van der Waals surface area contributed by atoms with Gasteiger partial charge in [-0.05, 0) is 30.9 Å². The number of amides is 1. The zero-order valence-electron chi connectivity index (χ0n) is 9.66. The van der Waals surface area contributed by atoms with Crippen molar-refractivity contribution in [3.8, 4) is 0 Å². The maximum atomic E-state index is 11.6. The molecule has 16 heavy (non-hydrogen) atoms. The topological polar surface area (TPSA) is 42.0 Å². The second-order valence-electron chi connectivity index (χ2n) is 4.16. The molecule has 3 nitrogen and oxygen atoms in total. The van der Waals surface area contributed by atoms with E-state index in [0.29, 0.717) is 23.2 Å². The summed E-state index contributed by atoms with van der Waals surface area (Å²) < 4.78 is 0. The van der Waals surface area contributed by atoms with Crippen molar-refractivity contribution in [2.45, 2.75) is 26.7 Å². The van der Waals surface area contributed by atoms with Gasteiger partial charge in [-0.1, -0.05) is 25.4 Å². The molecule has 0 spiro atoms. The molecule has 0 aliphatic rings. The number of halogens is 1. The summed E-state index contributed by atoms with van der Waals surface area (Å²) in [6, 6.07) is 3.29. The Labute approximate surface area is 101 Å². The van der Waals surface area contributed by atoms with Crippen molar-refractivity contribution < 1.29 is 4.79 Å². The Morgan fingerprint density at radius 3 is 2.81 bits per heavy atom. The molecule has 0 unspecified atom stereocenters. The molecule has 1 amide bonds. The normalized spacial score (nSPS) is 10.5. The summed E-state index contributed by atoms with van der Waals surface area (Å²) in [4.78, 5) is 15.5. The number of carbonyl (C=O) groups excluding carboxylic acids is 1. The lowest BCUT2D eigenvalue weighted by Crippen LogP contribution is -2.24. The molecule has 0 aliphatic heterocycles. The Balaban J connectivity index is 2.32. The molecule has 0 atom stereocenters. The average molecular weight is 241 g/mol. The van der Waals surface area contributed by atoms with Gasteiger partial charge in [-0.25, -0.2) is 4.98 Å². The van der Waals surface area contributed by atoms with E-state index in [4.69, 9.17) is 11.6 Å². The third-order valence-electron chi connectivity index (χ3n) is 2.23. The van der Waals surface area contributed by atoms with Crippen molar-refractivity contribution in [1.29, 1.82) is 0 Å². The van der Waals surface area contributed by atoms with Gasteiger partial charge in [0.05, 0.1) is 5.56 Å². The Morgan fingerprint density at radius 1 is 1.50 bits per heavy atom. The van der Waals surface area contributed by atoms with E-state index in [0.717, 1.165) is 12.8 Å². The summed E-state index contributed by atoms with van der Waals surface area (Å²) >= 11 is 5.64. The summed E-state index contributed by atoms with van der Waals surface area (Å²) in [6.07, 6.45) is 3.61. The molecule has 1 aromatic heterocycles. The van der Waals surface area contributed by atoms with Gasteiger partial charge >= 0.3 is 0 Å². The number of hydrogen-bond donors (Lipinski definition) is 1. The van der Waals surface area contributed by atoms with Crippen LogP contribution < -0.4 is 5.32 Å². The van der Waals surface area contributed by atoms with Gasteiger partial charge in [-0.2, -0.15) is 0 Å². The van der Waals surface area contributed by atoms with Crippen LogP contribution in [0.25, 0.3) is 0 Å². The molecule has 0 saturated heterocycles. The van der Waals surface area contributed by atoms with Gasteiger partial charge in [0, 0.05) is 12.7 Å². The Hall–Kier alpha value is -1.09. The highest BCUT2D eigenvalue weighted by atomic mass is 35.5. The second-order valence-corrected chi connectivity index (χ2v) is 4.55. The lowest BCUT2D eigenvalue weighted by Gasteiger charge is -2.06. The van der Waals surface area contributed by atoms with Gasteiger partial charge in [-0.15, -0.1) is 0 Å². The van der Waals surface area contributed by atoms with E-state index in [1.165, 1.54) is 6.20 Å². The molecule has 0 aromatic carbocycles. The van der Waals surface area contributed by atoms with Gasteiger partial charge in [0.25, 0.3) is 5.91 Å². The molecule has 1 aromatic rings. The second kappa shape index (κ2) is 6.48. The Bertz CT molecular complexity index is 335. The lowest BCUT2D eigenvalue weighted by molar-refractivity contribution is 0.0952. The zero-order valence-corrected chi connectivity index (χ0v) is 10.4. The predicted molar refractivity (Wildman–Crippen MR) is 65.7 cm³/mol. The van der Waals surface area contributed by atoms with Crippen molar-refractivity contribution in [3.63, 3.8) is 0 Å². The molecule has 88 valence electrons. The molecule has 0 saturated carbocycles. The molecule has 0 radical (unpaired) electrons. The number of aromatic nitrogens is 1. The molecule has 0 aliphatic carbocycles. The summed E-state index contributed by atoms with van der Waals surface area (Å²) in [6.45, 7) is 5.05. The summed E-state index contributed by atoms with van der Waals surface area (Å²) in [5, 5.41) is 3.25. The average Bonchev–Trinajstić information content (AvgIpc) is 2.25. The van der Waals surface area contributed by atoms with Crippen molar-refractivity contribution in [1.82, 2.24) is 10.3 Å². The van der Waals surface area contributed by atoms with Crippen LogP contribution in [0.3, 0.4) is 0 Å². The summed E-state index contributed by atoms with van der Waals surface area (Å²) in [5.41, 5.74) is 0.550. The number of nitrogens with zero attached hydrogens (tertiary/aromatic N) is 1. The molecule has 0 fully saturated rings. The quantitative estimate of drug-likeness (QED) is 0.635. The van der Waals surface area contributed by atoms with Crippen molar-refractivity contribution in [2.75, 3.05) is 6.54 Å². The van der Waals surface area contributed by atoms with Gasteiger partial charge in [0.15, 0.2) is 0 Å². The zero-order chi connectivity index (χ0) is 12.0. The maximum absolute atomic E-state index is 11.6. The third-order valence-corrected chi connectivity index (χ3v) is 2.46. The smallest absolute Gasteiger partial charge is 0.252 e. The minimum atomic E-state index is -0.0899. The fourth-order valence-corrected chi connectivity index (χ4v) is 1.44. The van der Waals surface area contributed by atoms with E-state index in [2.05, 4.69) is 24.1 Å². The first kappa shape index (κ1) is 13.0. The minimum absolute atomic E-state index is 0.0899.